The molecule has 0 fully saturated rings. The van der Waals surface area contributed by atoms with Crippen LogP contribution in [-0.2, 0) is 4.74 Å². The van der Waals surface area contributed by atoms with E-state index in [4.69, 9.17) is 5.73 Å². The maximum atomic E-state index is 11.4. The lowest BCUT2D eigenvalue weighted by Gasteiger charge is -1.98. The molecule has 0 saturated carbocycles. The summed E-state index contributed by atoms with van der Waals surface area (Å²) in [5, 5.41) is 0. The third-order valence-corrected chi connectivity index (χ3v) is 2.15. The quantitative estimate of drug-likeness (QED) is 0.716. The van der Waals surface area contributed by atoms with Crippen molar-refractivity contribution in [1.82, 2.24) is 9.97 Å². The van der Waals surface area contributed by atoms with Gasteiger partial charge in [-0.25, -0.2) is 9.78 Å². The predicted molar refractivity (Wildman–Crippen MR) is 56.0 cm³/mol. The first kappa shape index (κ1) is 10.2. The molecule has 3 N–H and O–H groups in total. The first-order valence-electron chi connectivity index (χ1n) is 4.50. The van der Waals surface area contributed by atoms with Gasteiger partial charge in [-0.3, -0.25) is 4.79 Å². The molecule has 0 aliphatic heterocycles. The van der Waals surface area contributed by atoms with Gasteiger partial charge in [0.15, 0.2) is 5.82 Å². The van der Waals surface area contributed by atoms with Gasteiger partial charge in [-0.2, -0.15) is 0 Å². The number of ether oxygens (including phenoxy) is 1. The van der Waals surface area contributed by atoms with Gasteiger partial charge in [0.2, 0.25) is 0 Å². The van der Waals surface area contributed by atoms with Gasteiger partial charge in [0.1, 0.15) is 5.52 Å². The molecule has 1 amide bonds. The topological polar surface area (TPSA) is 98.1 Å². The molecule has 0 radical (unpaired) electrons. The number of hydrogen-bond acceptors (Lipinski definition) is 4. The fourth-order valence-corrected chi connectivity index (χ4v) is 1.42. The van der Waals surface area contributed by atoms with Crippen molar-refractivity contribution < 1.29 is 14.3 Å². The van der Waals surface area contributed by atoms with Gasteiger partial charge in [-0.15, -0.1) is 0 Å². The molecule has 0 atom stereocenters. The lowest BCUT2D eigenvalue weighted by atomic mass is 10.2. The van der Waals surface area contributed by atoms with E-state index >= 15 is 0 Å². The number of hydrogen-bond donors (Lipinski definition) is 2. The highest BCUT2D eigenvalue weighted by atomic mass is 16.5. The molecule has 2 aromatic rings. The van der Waals surface area contributed by atoms with E-state index < -0.39 is 11.9 Å². The Balaban J connectivity index is 2.67. The van der Waals surface area contributed by atoms with Gasteiger partial charge >= 0.3 is 5.97 Å². The predicted octanol–water partition coefficient (Wildman–Crippen LogP) is 0.448. The highest BCUT2D eigenvalue weighted by Gasteiger charge is 2.15. The number of methoxy groups -OCH3 is 1. The minimum atomic E-state index is -0.674. The van der Waals surface area contributed by atoms with Crippen LogP contribution >= 0.6 is 0 Å². The minimum Gasteiger partial charge on any atom is -0.465 e. The highest BCUT2D eigenvalue weighted by Crippen LogP contribution is 2.17. The fraction of sp³-hybridized carbons (Fsp3) is 0.100. The van der Waals surface area contributed by atoms with E-state index in [0.29, 0.717) is 16.6 Å². The van der Waals surface area contributed by atoms with E-state index in [0.717, 1.165) is 0 Å². The Morgan fingerprint density at radius 3 is 2.81 bits per heavy atom. The van der Waals surface area contributed by atoms with Crippen LogP contribution in [0, 0.1) is 0 Å². The summed E-state index contributed by atoms with van der Waals surface area (Å²) in [6.45, 7) is 0. The first-order chi connectivity index (χ1) is 7.63. The van der Waals surface area contributed by atoms with Crippen molar-refractivity contribution >= 4 is 22.9 Å². The summed E-state index contributed by atoms with van der Waals surface area (Å²) in [5.74, 6) is -1.16. The van der Waals surface area contributed by atoms with Gasteiger partial charge in [-0.05, 0) is 12.1 Å². The Morgan fingerprint density at radius 1 is 1.44 bits per heavy atom. The van der Waals surface area contributed by atoms with Crippen molar-refractivity contribution in [2.45, 2.75) is 0 Å². The molecular weight excluding hydrogens is 210 g/mol. The second kappa shape index (κ2) is 3.65. The number of nitrogens with two attached hydrogens (primary N) is 1. The van der Waals surface area contributed by atoms with Crippen LogP contribution < -0.4 is 5.73 Å². The van der Waals surface area contributed by atoms with E-state index in [9.17, 15) is 9.59 Å². The Morgan fingerprint density at radius 2 is 2.19 bits per heavy atom. The largest absolute Gasteiger partial charge is 0.465 e. The average Bonchev–Trinajstić information content (AvgIpc) is 2.71. The van der Waals surface area contributed by atoms with Crippen molar-refractivity contribution in [3.63, 3.8) is 0 Å². The number of rotatable bonds is 2. The number of amides is 1. The third-order valence-electron chi connectivity index (χ3n) is 2.15. The minimum absolute atomic E-state index is 0.0198. The van der Waals surface area contributed by atoms with Crippen molar-refractivity contribution in [1.29, 1.82) is 0 Å². The summed E-state index contributed by atoms with van der Waals surface area (Å²) in [6.07, 6.45) is 0. The zero-order valence-electron chi connectivity index (χ0n) is 8.48. The number of para-hydroxylation sites is 1. The Kier molecular flexibility index (Phi) is 2.32. The molecule has 0 unspecified atom stereocenters. The van der Waals surface area contributed by atoms with E-state index in [1.54, 1.807) is 18.2 Å². The number of aromatic amines is 1. The third kappa shape index (κ3) is 1.50. The van der Waals surface area contributed by atoms with Crippen molar-refractivity contribution in [3.05, 3.63) is 29.6 Å². The molecule has 82 valence electrons. The van der Waals surface area contributed by atoms with Crippen LogP contribution in [-0.4, -0.2) is 29.0 Å². The van der Waals surface area contributed by atoms with Crippen molar-refractivity contribution in [2.75, 3.05) is 7.11 Å². The summed E-state index contributed by atoms with van der Waals surface area (Å²) in [5.41, 5.74) is 6.33. The molecule has 0 aliphatic rings. The number of imidazole rings is 1. The lowest BCUT2D eigenvalue weighted by molar-refractivity contribution is 0.0602. The van der Waals surface area contributed by atoms with Crippen LogP contribution in [0.2, 0.25) is 0 Å². The number of carbonyl (C=O) groups is 2. The average molecular weight is 219 g/mol. The Labute approximate surface area is 90.4 Å². The van der Waals surface area contributed by atoms with E-state index in [1.165, 1.54) is 7.11 Å². The van der Waals surface area contributed by atoms with Gasteiger partial charge in [0.25, 0.3) is 5.91 Å². The maximum Gasteiger partial charge on any atom is 0.340 e. The first-order valence-corrected chi connectivity index (χ1v) is 4.50. The molecule has 1 aromatic heterocycles. The van der Waals surface area contributed by atoms with Crippen molar-refractivity contribution in [2.24, 2.45) is 5.73 Å². The van der Waals surface area contributed by atoms with E-state index in [-0.39, 0.29) is 5.82 Å². The maximum absolute atomic E-state index is 11.4. The van der Waals surface area contributed by atoms with Crippen LogP contribution in [0.4, 0.5) is 0 Å². The number of nitrogens with zero attached hydrogens (tertiary/aromatic N) is 1. The summed E-state index contributed by atoms with van der Waals surface area (Å²) in [7, 11) is 1.28. The normalized spacial score (nSPS) is 10.3. The molecule has 2 rings (SSSR count). The van der Waals surface area contributed by atoms with Crippen LogP contribution in [0.15, 0.2) is 18.2 Å². The molecule has 6 nitrogen and oxygen atoms in total. The fourth-order valence-electron chi connectivity index (χ4n) is 1.42. The molecule has 1 heterocycles. The highest BCUT2D eigenvalue weighted by molar-refractivity contribution is 6.03. The molecule has 1 aromatic carbocycles. The molecule has 0 saturated heterocycles. The number of primary amides is 1. The Hall–Kier alpha value is -2.37. The summed E-state index contributed by atoms with van der Waals surface area (Å²) < 4.78 is 4.61. The zero-order chi connectivity index (χ0) is 11.7. The number of carbonyl (C=O) groups excluding carboxylic acids is 2. The summed E-state index contributed by atoms with van der Waals surface area (Å²) in [6, 6.07) is 4.93. The van der Waals surface area contributed by atoms with Gasteiger partial charge in [-0.1, -0.05) is 6.07 Å². The molecule has 0 aliphatic carbocycles. The number of nitrogens with one attached hydrogen (secondary N) is 1. The molecule has 0 spiro atoms. The van der Waals surface area contributed by atoms with Gasteiger partial charge in [0, 0.05) is 0 Å². The van der Waals surface area contributed by atoms with Crippen LogP contribution in [0.5, 0.6) is 0 Å². The molecule has 0 bridgehead atoms. The van der Waals surface area contributed by atoms with Crippen LogP contribution in [0.3, 0.4) is 0 Å². The molecule has 16 heavy (non-hydrogen) atoms. The smallest absolute Gasteiger partial charge is 0.340 e. The number of H-pyrrole nitrogens is 1. The molecule has 6 heteroatoms. The summed E-state index contributed by atoms with van der Waals surface area (Å²) in [4.78, 5) is 29.0. The SMILES string of the molecule is COC(=O)c1cccc2[nH]c(C(N)=O)nc12. The standard InChI is InChI=1S/C10H9N3O3/c1-16-10(15)5-3-2-4-6-7(5)13-9(12-6)8(11)14/h2-4H,1H3,(H2,11,14)(H,12,13). The van der Waals surface area contributed by atoms with E-state index in [1.807, 2.05) is 0 Å². The van der Waals surface area contributed by atoms with Gasteiger partial charge in [0.05, 0.1) is 18.2 Å². The number of benzene rings is 1. The van der Waals surface area contributed by atoms with Crippen molar-refractivity contribution in [3.8, 4) is 0 Å². The number of esters is 1. The molecular formula is C10H9N3O3. The Bertz CT molecular complexity index is 574. The van der Waals surface area contributed by atoms with Crippen LogP contribution in [0.25, 0.3) is 11.0 Å². The second-order valence-electron chi connectivity index (χ2n) is 3.14. The van der Waals surface area contributed by atoms with Crippen LogP contribution in [0.1, 0.15) is 21.0 Å². The second-order valence-corrected chi connectivity index (χ2v) is 3.14. The summed E-state index contributed by atoms with van der Waals surface area (Å²) >= 11 is 0. The zero-order valence-corrected chi connectivity index (χ0v) is 8.48. The van der Waals surface area contributed by atoms with Gasteiger partial charge < -0.3 is 15.5 Å². The number of aromatic nitrogens is 2. The van der Waals surface area contributed by atoms with E-state index in [2.05, 4.69) is 14.7 Å². The monoisotopic (exact) mass is 219 g/mol. The lowest BCUT2D eigenvalue weighted by Crippen LogP contribution is -2.12. The number of fused-ring (bicyclic) bond motifs is 1.